The Morgan fingerprint density at radius 1 is 1.11 bits per heavy atom. The fraction of sp³-hybridized carbons (Fsp3) is 0.100. The number of aromatic nitrogens is 3. The van der Waals surface area contributed by atoms with Crippen LogP contribution in [0.5, 0.6) is 5.75 Å². The average molecular weight is 374 g/mol. The van der Waals surface area contributed by atoms with Gasteiger partial charge in [-0.2, -0.15) is 5.10 Å². The predicted octanol–water partition coefficient (Wildman–Crippen LogP) is 1.82. The molecule has 2 aromatic carbocycles. The van der Waals surface area contributed by atoms with Gasteiger partial charge in [-0.25, -0.2) is 9.67 Å². The van der Waals surface area contributed by atoms with E-state index >= 15 is 0 Å². The number of nitrogens with zero attached hydrogens (tertiary/aromatic N) is 3. The lowest BCUT2D eigenvalue weighted by Crippen LogP contribution is -2.31. The molecule has 0 fully saturated rings. The number of anilines is 1. The summed E-state index contributed by atoms with van der Waals surface area (Å²) in [6.45, 7) is 0. The van der Waals surface area contributed by atoms with Gasteiger partial charge < -0.3 is 20.1 Å². The summed E-state index contributed by atoms with van der Waals surface area (Å²) in [6.07, 6.45) is 5.27. The summed E-state index contributed by atoms with van der Waals surface area (Å²) >= 11 is 0. The average Bonchev–Trinajstić information content (AvgIpc) is 3.26. The van der Waals surface area contributed by atoms with Gasteiger partial charge in [0.1, 0.15) is 11.6 Å². The van der Waals surface area contributed by atoms with E-state index in [-0.39, 0.29) is 0 Å². The van der Waals surface area contributed by atoms with Crippen LogP contribution in [0.2, 0.25) is 0 Å². The fourth-order valence-electron chi connectivity index (χ4n) is 3.34. The molecule has 0 saturated carbocycles. The van der Waals surface area contributed by atoms with Gasteiger partial charge in [0, 0.05) is 48.1 Å². The van der Waals surface area contributed by atoms with E-state index in [1.165, 1.54) is 7.11 Å². The van der Waals surface area contributed by atoms with Crippen molar-refractivity contribution in [3.8, 4) is 22.6 Å². The van der Waals surface area contributed by atoms with Gasteiger partial charge in [0.15, 0.2) is 0 Å². The maximum atomic E-state index is 9.81. The lowest BCUT2D eigenvalue weighted by Gasteiger charge is -2.16. The molecule has 3 N–H and O–H groups in total. The highest BCUT2D eigenvalue weighted by Crippen LogP contribution is 2.32. The van der Waals surface area contributed by atoms with Crippen molar-refractivity contribution in [1.29, 1.82) is 0 Å². The Morgan fingerprint density at radius 2 is 1.96 bits per heavy atom. The van der Waals surface area contributed by atoms with Crippen LogP contribution in [0.3, 0.4) is 0 Å². The smallest absolute Gasteiger partial charge is 0.492 e. The number of benzene rings is 2. The summed E-state index contributed by atoms with van der Waals surface area (Å²) in [4.78, 5) is 4.34. The minimum atomic E-state index is -1.65. The highest BCUT2D eigenvalue weighted by atomic mass is 16.5. The minimum Gasteiger partial charge on any atom is -0.497 e. The van der Waals surface area contributed by atoms with Gasteiger partial charge in [0.25, 0.3) is 0 Å². The number of rotatable bonds is 5. The highest BCUT2D eigenvalue weighted by Gasteiger charge is 2.21. The number of fused-ring (bicyclic) bond motifs is 1. The molecule has 28 heavy (non-hydrogen) atoms. The molecule has 0 spiro atoms. The topological polar surface area (TPSA) is 92.4 Å². The van der Waals surface area contributed by atoms with E-state index in [2.05, 4.69) is 15.4 Å². The molecule has 4 aromatic rings. The SMILES string of the molecule is CNc1nccc2cc(-c3cc(B(O)O)c(OC)cc3-n3cccn3)ccc12. The van der Waals surface area contributed by atoms with Crippen molar-refractivity contribution in [2.24, 2.45) is 0 Å². The Kier molecular flexibility index (Phi) is 4.73. The molecular weight excluding hydrogens is 355 g/mol. The predicted molar refractivity (Wildman–Crippen MR) is 110 cm³/mol. The Bertz CT molecular complexity index is 1130. The third-order valence-corrected chi connectivity index (χ3v) is 4.69. The van der Waals surface area contributed by atoms with Crippen molar-refractivity contribution in [1.82, 2.24) is 14.8 Å². The van der Waals surface area contributed by atoms with E-state index in [1.54, 1.807) is 29.2 Å². The van der Waals surface area contributed by atoms with Crippen LogP contribution in [0.15, 0.2) is 61.1 Å². The van der Waals surface area contributed by atoms with E-state index in [1.807, 2.05) is 43.6 Å². The van der Waals surface area contributed by atoms with Crippen molar-refractivity contribution in [2.45, 2.75) is 0 Å². The highest BCUT2D eigenvalue weighted by molar-refractivity contribution is 6.60. The first-order chi connectivity index (χ1) is 13.6. The van der Waals surface area contributed by atoms with E-state index in [0.29, 0.717) is 11.2 Å². The Labute approximate surface area is 162 Å². The molecule has 2 heterocycles. The van der Waals surface area contributed by atoms with Crippen molar-refractivity contribution < 1.29 is 14.8 Å². The van der Waals surface area contributed by atoms with Crippen molar-refractivity contribution >= 4 is 29.2 Å². The second-order valence-electron chi connectivity index (χ2n) is 6.28. The Hall–Kier alpha value is -3.36. The van der Waals surface area contributed by atoms with Crippen LogP contribution in [-0.2, 0) is 0 Å². The largest absolute Gasteiger partial charge is 0.497 e. The molecule has 0 saturated heterocycles. The zero-order chi connectivity index (χ0) is 19.7. The third kappa shape index (κ3) is 3.08. The van der Waals surface area contributed by atoms with Gasteiger partial charge in [-0.3, -0.25) is 0 Å². The first-order valence-electron chi connectivity index (χ1n) is 8.77. The number of pyridine rings is 1. The first kappa shape index (κ1) is 18.0. The van der Waals surface area contributed by atoms with E-state index < -0.39 is 7.12 Å². The summed E-state index contributed by atoms with van der Waals surface area (Å²) in [5.41, 5.74) is 2.78. The number of hydrogen-bond acceptors (Lipinski definition) is 6. The van der Waals surface area contributed by atoms with Gasteiger partial charge in [0.2, 0.25) is 0 Å². The summed E-state index contributed by atoms with van der Waals surface area (Å²) in [5.74, 6) is 1.18. The van der Waals surface area contributed by atoms with Crippen molar-refractivity contribution in [3.63, 3.8) is 0 Å². The second kappa shape index (κ2) is 7.34. The summed E-state index contributed by atoms with van der Waals surface area (Å²) in [6, 6.07) is 13.3. The quantitative estimate of drug-likeness (QED) is 0.462. The van der Waals surface area contributed by atoms with E-state index in [9.17, 15) is 10.0 Å². The maximum absolute atomic E-state index is 9.81. The second-order valence-corrected chi connectivity index (χ2v) is 6.28. The molecule has 0 radical (unpaired) electrons. The monoisotopic (exact) mass is 374 g/mol. The third-order valence-electron chi connectivity index (χ3n) is 4.69. The van der Waals surface area contributed by atoms with E-state index in [4.69, 9.17) is 4.74 Å². The standard InChI is InChI=1S/C20H19BN4O3/c1-22-20-15-5-4-13(10-14(15)6-8-23-20)16-11-17(21(26)27)19(28-2)12-18(16)25-9-3-7-24-25/h3-12,26-27H,1-2H3,(H,22,23). The van der Waals surface area contributed by atoms with Gasteiger partial charge in [-0.1, -0.05) is 12.1 Å². The van der Waals surface area contributed by atoms with Crippen LogP contribution in [0.1, 0.15) is 0 Å². The molecule has 0 atom stereocenters. The molecule has 0 amide bonds. The summed E-state index contributed by atoms with van der Waals surface area (Å²) < 4.78 is 7.08. The lowest BCUT2D eigenvalue weighted by atomic mass is 9.77. The molecule has 7 nitrogen and oxygen atoms in total. The van der Waals surface area contributed by atoms with Crippen LogP contribution in [-0.4, -0.2) is 46.1 Å². The first-order valence-corrected chi connectivity index (χ1v) is 8.77. The normalized spacial score (nSPS) is 10.9. The lowest BCUT2D eigenvalue weighted by molar-refractivity contribution is 0.403. The van der Waals surface area contributed by atoms with Gasteiger partial charge in [-0.05, 0) is 35.2 Å². The number of hydrogen-bond donors (Lipinski definition) is 3. The van der Waals surface area contributed by atoms with Crippen molar-refractivity contribution in [2.75, 3.05) is 19.5 Å². The number of nitrogens with one attached hydrogen (secondary N) is 1. The Balaban J connectivity index is 1.97. The molecule has 2 aromatic heterocycles. The van der Waals surface area contributed by atoms with Crippen LogP contribution < -0.4 is 15.5 Å². The van der Waals surface area contributed by atoms with Gasteiger partial charge in [0.05, 0.1) is 12.8 Å². The molecule has 0 aliphatic heterocycles. The van der Waals surface area contributed by atoms with Crippen LogP contribution >= 0.6 is 0 Å². The molecule has 0 unspecified atom stereocenters. The maximum Gasteiger partial charge on any atom is 0.492 e. The van der Waals surface area contributed by atoms with Crippen molar-refractivity contribution in [3.05, 3.63) is 61.1 Å². The molecule has 140 valence electrons. The minimum absolute atomic E-state index is 0.291. The molecule has 0 bridgehead atoms. The number of ether oxygens (including phenoxy) is 1. The fourth-order valence-corrected chi connectivity index (χ4v) is 3.34. The van der Waals surface area contributed by atoms with Gasteiger partial charge in [-0.15, -0.1) is 0 Å². The van der Waals surface area contributed by atoms with Crippen LogP contribution in [0.25, 0.3) is 27.6 Å². The molecular formula is C20H19BN4O3. The number of methoxy groups -OCH3 is 1. The van der Waals surface area contributed by atoms with Crippen LogP contribution in [0, 0.1) is 0 Å². The zero-order valence-electron chi connectivity index (χ0n) is 15.5. The summed E-state index contributed by atoms with van der Waals surface area (Å²) in [5, 5.41) is 29.1. The molecule has 4 rings (SSSR count). The Morgan fingerprint density at radius 3 is 2.64 bits per heavy atom. The van der Waals surface area contributed by atoms with Crippen LogP contribution in [0.4, 0.5) is 5.82 Å². The van der Waals surface area contributed by atoms with E-state index in [0.717, 1.165) is 33.4 Å². The zero-order valence-corrected chi connectivity index (χ0v) is 15.5. The molecule has 8 heteroatoms. The molecule has 0 aliphatic carbocycles. The molecule has 0 aliphatic rings. The van der Waals surface area contributed by atoms with Gasteiger partial charge >= 0.3 is 7.12 Å². The summed E-state index contributed by atoms with van der Waals surface area (Å²) in [7, 11) is 1.68.